The van der Waals surface area contributed by atoms with Gasteiger partial charge in [-0.15, -0.1) is 0 Å². The van der Waals surface area contributed by atoms with E-state index in [1.165, 1.54) is 6.07 Å². The van der Waals surface area contributed by atoms with Crippen LogP contribution in [0.3, 0.4) is 0 Å². The molecule has 3 N–H and O–H groups in total. The number of rotatable bonds is 0. The molecule has 0 radical (unpaired) electrons. The predicted octanol–water partition coefficient (Wildman–Crippen LogP) is 0.919. The minimum Gasteiger partial charge on any atom is -0.397 e. The van der Waals surface area contributed by atoms with Crippen LogP contribution in [0.1, 0.15) is 5.82 Å². The first kappa shape index (κ1) is 10.4. The van der Waals surface area contributed by atoms with Crippen molar-refractivity contribution in [1.82, 2.24) is 15.0 Å². The van der Waals surface area contributed by atoms with E-state index in [0.717, 1.165) is 6.20 Å². The summed E-state index contributed by atoms with van der Waals surface area (Å²) in [5, 5.41) is -0.0759. The Labute approximate surface area is 86.1 Å². The van der Waals surface area contributed by atoms with Crippen molar-refractivity contribution in [2.45, 2.75) is 6.18 Å². The second-order valence-electron chi connectivity index (χ2n) is 3.05. The first-order valence-corrected chi connectivity index (χ1v) is 4.10. The largest absolute Gasteiger partial charge is 0.449 e. The molecular weight excluding hydrogens is 225 g/mol. The minimum atomic E-state index is -4.71. The summed E-state index contributed by atoms with van der Waals surface area (Å²) in [5.41, 5.74) is 4.33. The summed E-state index contributed by atoms with van der Waals surface area (Å²) in [6.45, 7) is 0. The first-order chi connectivity index (χ1) is 7.38. The SMILES string of the molecule is Nc1cnc2nc(C(F)(F)F)[nH]c(=O)c2c1. The number of nitrogen functional groups attached to an aromatic ring is 1. The van der Waals surface area contributed by atoms with Crippen LogP contribution in [0.5, 0.6) is 0 Å². The zero-order valence-corrected chi connectivity index (χ0v) is 7.67. The summed E-state index contributed by atoms with van der Waals surface area (Å²) in [4.78, 5) is 19.7. The molecule has 0 aliphatic heterocycles. The van der Waals surface area contributed by atoms with Crippen LogP contribution in [0.2, 0.25) is 0 Å². The Balaban J connectivity index is 2.79. The number of nitrogens with two attached hydrogens (primary N) is 1. The molecule has 2 rings (SSSR count). The van der Waals surface area contributed by atoms with Crippen molar-refractivity contribution in [3.63, 3.8) is 0 Å². The third-order valence-electron chi connectivity index (χ3n) is 1.85. The van der Waals surface area contributed by atoms with E-state index in [9.17, 15) is 18.0 Å². The first-order valence-electron chi connectivity index (χ1n) is 4.10. The molecule has 8 heteroatoms. The Bertz CT molecular complexity index is 604. The van der Waals surface area contributed by atoms with E-state index in [-0.39, 0.29) is 16.7 Å². The van der Waals surface area contributed by atoms with Gasteiger partial charge in [0.25, 0.3) is 5.56 Å². The number of nitrogens with one attached hydrogen (secondary N) is 1. The molecule has 0 bridgehead atoms. The van der Waals surface area contributed by atoms with Crippen molar-refractivity contribution in [2.24, 2.45) is 0 Å². The second kappa shape index (κ2) is 3.19. The van der Waals surface area contributed by atoms with Gasteiger partial charge in [0.2, 0.25) is 5.82 Å². The average molecular weight is 230 g/mol. The molecule has 2 heterocycles. The summed E-state index contributed by atoms with van der Waals surface area (Å²) in [6, 6.07) is 1.22. The molecule has 0 aromatic carbocycles. The van der Waals surface area contributed by atoms with E-state index in [0.29, 0.717) is 0 Å². The molecule has 5 nitrogen and oxygen atoms in total. The Morgan fingerprint density at radius 3 is 2.69 bits per heavy atom. The molecule has 0 aliphatic rings. The molecule has 0 fully saturated rings. The van der Waals surface area contributed by atoms with E-state index in [4.69, 9.17) is 5.73 Å². The number of aromatic amines is 1. The third-order valence-corrected chi connectivity index (χ3v) is 1.85. The lowest BCUT2D eigenvalue weighted by molar-refractivity contribution is -0.144. The normalized spacial score (nSPS) is 11.9. The lowest BCUT2D eigenvalue weighted by Gasteiger charge is -2.05. The van der Waals surface area contributed by atoms with Crippen LogP contribution in [-0.2, 0) is 6.18 Å². The summed E-state index contributed by atoms with van der Waals surface area (Å²) in [7, 11) is 0. The monoisotopic (exact) mass is 230 g/mol. The number of pyridine rings is 1. The van der Waals surface area contributed by atoms with Gasteiger partial charge in [-0.05, 0) is 6.07 Å². The van der Waals surface area contributed by atoms with Crippen LogP contribution in [0.15, 0.2) is 17.1 Å². The van der Waals surface area contributed by atoms with Crippen LogP contribution >= 0.6 is 0 Å². The van der Waals surface area contributed by atoms with Crippen molar-refractivity contribution in [3.8, 4) is 0 Å². The summed E-state index contributed by atoms with van der Waals surface area (Å²) in [6.07, 6.45) is -3.58. The lowest BCUT2D eigenvalue weighted by Crippen LogP contribution is -2.19. The van der Waals surface area contributed by atoms with E-state index in [2.05, 4.69) is 9.97 Å². The van der Waals surface area contributed by atoms with Crippen LogP contribution in [0.4, 0.5) is 18.9 Å². The van der Waals surface area contributed by atoms with Crippen molar-refractivity contribution < 1.29 is 13.2 Å². The number of fused-ring (bicyclic) bond motifs is 1. The maximum Gasteiger partial charge on any atom is 0.449 e. The van der Waals surface area contributed by atoms with E-state index in [1.807, 2.05) is 0 Å². The van der Waals surface area contributed by atoms with E-state index >= 15 is 0 Å². The Morgan fingerprint density at radius 2 is 2.06 bits per heavy atom. The van der Waals surface area contributed by atoms with Gasteiger partial charge in [0.15, 0.2) is 5.65 Å². The Morgan fingerprint density at radius 1 is 1.38 bits per heavy atom. The van der Waals surface area contributed by atoms with Gasteiger partial charge in [-0.25, -0.2) is 9.97 Å². The highest BCUT2D eigenvalue weighted by atomic mass is 19.4. The highest BCUT2D eigenvalue weighted by molar-refractivity contribution is 5.76. The number of hydrogen-bond donors (Lipinski definition) is 2. The molecule has 0 amide bonds. The summed E-state index contributed by atoms with van der Waals surface area (Å²) in [5.74, 6) is -1.37. The maximum absolute atomic E-state index is 12.3. The molecule has 0 spiro atoms. The molecule has 84 valence electrons. The van der Waals surface area contributed by atoms with Gasteiger partial charge in [-0.2, -0.15) is 13.2 Å². The molecule has 16 heavy (non-hydrogen) atoms. The van der Waals surface area contributed by atoms with Gasteiger partial charge >= 0.3 is 6.18 Å². The van der Waals surface area contributed by atoms with Crippen molar-refractivity contribution in [2.75, 3.05) is 5.73 Å². The quantitative estimate of drug-likeness (QED) is 0.704. The fourth-order valence-corrected chi connectivity index (χ4v) is 1.17. The number of anilines is 1. The molecule has 0 saturated carbocycles. The number of H-pyrrole nitrogens is 1. The van der Waals surface area contributed by atoms with Gasteiger partial charge in [0, 0.05) is 0 Å². The van der Waals surface area contributed by atoms with Crippen LogP contribution < -0.4 is 11.3 Å². The van der Waals surface area contributed by atoms with Crippen molar-refractivity contribution >= 4 is 16.7 Å². The molecule has 0 unspecified atom stereocenters. The zero-order valence-electron chi connectivity index (χ0n) is 7.67. The number of hydrogen-bond acceptors (Lipinski definition) is 4. The van der Waals surface area contributed by atoms with Crippen molar-refractivity contribution in [3.05, 3.63) is 28.4 Å². The van der Waals surface area contributed by atoms with Crippen LogP contribution in [0, 0.1) is 0 Å². The molecule has 0 saturated heterocycles. The molecule has 2 aromatic rings. The van der Waals surface area contributed by atoms with Gasteiger partial charge in [-0.3, -0.25) is 4.79 Å². The predicted molar refractivity (Wildman–Crippen MR) is 49.6 cm³/mol. The third kappa shape index (κ3) is 1.69. The highest BCUT2D eigenvalue weighted by Gasteiger charge is 2.34. The molecular formula is C8H5F3N4O. The zero-order chi connectivity index (χ0) is 11.9. The molecule has 0 atom stereocenters. The molecule has 2 aromatic heterocycles. The van der Waals surface area contributed by atoms with Crippen LogP contribution in [0.25, 0.3) is 11.0 Å². The molecule has 0 aliphatic carbocycles. The Kier molecular flexibility index (Phi) is 2.07. The average Bonchev–Trinajstić information content (AvgIpc) is 2.17. The van der Waals surface area contributed by atoms with Gasteiger partial charge in [-0.1, -0.05) is 0 Å². The number of aromatic nitrogens is 3. The summed E-state index contributed by atoms with van der Waals surface area (Å²) < 4.78 is 36.9. The maximum atomic E-state index is 12.3. The van der Waals surface area contributed by atoms with E-state index in [1.54, 1.807) is 4.98 Å². The highest BCUT2D eigenvalue weighted by Crippen LogP contribution is 2.25. The number of alkyl halides is 3. The minimum absolute atomic E-state index is 0.0759. The second-order valence-corrected chi connectivity index (χ2v) is 3.05. The fraction of sp³-hybridized carbons (Fsp3) is 0.125. The smallest absolute Gasteiger partial charge is 0.397 e. The van der Waals surface area contributed by atoms with Gasteiger partial charge < -0.3 is 10.7 Å². The number of nitrogens with zero attached hydrogens (tertiary/aromatic N) is 2. The number of halogens is 3. The Hall–Kier alpha value is -2.12. The van der Waals surface area contributed by atoms with Crippen molar-refractivity contribution in [1.29, 1.82) is 0 Å². The van der Waals surface area contributed by atoms with Gasteiger partial charge in [0.1, 0.15) is 0 Å². The summed E-state index contributed by atoms with van der Waals surface area (Å²) >= 11 is 0. The fourth-order valence-electron chi connectivity index (χ4n) is 1.17. The lowest BCUT2D eigenvalue weighted by atomic mass is 10.3. The van der Waals surface area contributed by atoms with E-state index < -0.39 is 17.6 Å². The van der Waals surface area contributed by atoms with Crippen LogP contribution in [-0.4, -0.2) is 15.0 Å². The van der Waals surface area contributed by atoms with Gasteiger partial charge in [0.05, 0.1) is 17.3 Å². The topological polar surface area (TPSA) is 84.7 Å². The standard InChI is InChI=1S/C8H5F3N4O/c9-8(10,11)7-14-5-4(6(16)15-7)1-3(12)2-13-5/h1-2H,12H2,(H,13,14,15,16).